The highest BCUT2D eigenvalue weighted by Crippen LogP contribution is 2.23. The zero-order valence-corrected chi connectivity index (χ0v) is 31.8. The first-order valence-corrected chi connectivity index (χ1v) is 18.5. The largest absolute Gasteiger partial charge is 0.481 e. The van der Waals surface area contributed by atoms with Gasteiger partial charge in [-0.1, -0.05) is 30.3 Å². The number of amides is 3. The van der Waals surface area contributed by atoms with Crippen LogP contribution in [-0.2, 0) is 56.0 Å². The number of primary amides is 1. The molecule has 0 aliphatic heterocycles. The average molecular weight is 810 g/mol. The van der Waals surface area contributed by atoms with Crippen molar-refractivity contribution in [2.24, 2.45) is 23.5 Å². The third-order valence-corrected chi connectivity index (χ3v) is 9.68. The quantitative estimate of drug-likeness (QED) is 0.0545. The number of rotatable bonds is 27. The number of nitrogens with two attached hydrogens (primary N) is 1. The summed E-state index contributed by atoms with van der Waals surface area (Å²) in [5.41, 5.74) is 7.18. The van der Waals surface area contributed by atoms with Crippen molar-refractivity contribution < 1.29 is 62.9 Å². The van der Waals surface area contributed by atoms with Crippen molar-refractivity contribution >= 4 is 63.9 Å². The molecule has 17 nitrogen and oxygen atoms in total. The van der Waals surface area contributed by atoms with Gasteiger partial charge in [0.15, 0.2) is 17.3 Å². The molecule has 0 radical (unpaired) electrons. The minimum absolute atomic E-state index is 0.0764. The number of aliphatic carboxylic acids is 3. The number of carbonyl (C=O) groups excluding carboxylic acids is 6. The number of hydrogen-bond acceptors (Lipinski definition) is 10. The number of likely N-dealkylation sites (N-methyl/N-ethyl adjacent to an activating group) is 1. The maximum absolute atomic E-state index is 14.2. The van der Waals surface area contributed by atoms with Gasteiger partial charge in [-0.25, -0.2) is 4.39 Å². The Balaban J connectivity index is 1.86. The van der Waals surface area contributed by atoms with Gasteiger partial charge in [0, 0.05) is 73.4 Å². The fourth-order valence-electron chi connectivity index (χ4n) is 6.53. The predicted octanol–water partition coefficient (Wildman–Crippen LogP) is 1.70. The molecule has 312 valence electrons. The van der Waals surface area contributed by atoms with Crippen molar-refractivity contribution in [2.45, 2.75) is 76.3 Å². The molecule has 9 N–H and O–H groups in total. The van der Waals surface area contributed by atoms with Crippen molar-refractivity contribution in [3.05, 3.63) is 71.7 Å². The van der Waals surface area contributed by atoms with Crippen LogP contribution in [0.15, 0.2) is 54.7 Å². The number of benzene rings is 2. The number of carboxylic acid groups (broad SMARTS) is 3. The fraction of sp³-hybridized carbons (Fsp3) is 0.425. The molecule has 2 aromatic carbocycles. The summed E-state index contributed by atoms with van der Waals surface area (Å²) in [5, 5.41) is 35.8. The van der Waals surface area contributed by atoms with E-state index in [0.717, 1.165) is 17.0 Å². The molecule has 1 aromatic heterocycles. The molecule has 0 unspecified atom stereocenters. The Labute approximate surface area is 332 Å². The highest BCUT2D eigenvalue weighted by molar-refractivity contribution is 5.96. The molecule has 5 atom stereocenters. The molecule has 3 rings (SSSR count). The van der Waals surface area contributed by atoms with E-state index in [0.29, 0.717) is 11.1 Å². The van der Waals surface area contributed by atoms with Crippen LogP contribution >= 0.6 is 0 Å². The summed E-state index contributed by atoms with van der Waals surface area (Å²) >= 11 is 0. The second-order valence-corrected chi connectivity index (χ2v) is 14.1. The standard InChI is InChI=1S/C40H48FN5O12/c1-43-31(19-37(54)55)33(48)18-24(10-12-36(52)53)39(57)45-21-28(47)15-25(13-22-5-4-6-27(41)14-22)40(58)46-32(16-26-20-44-30-8-3-2-7-29(26)30)34(49)17-23(38(42)56)9-11-35(50)51/h2-8,14,20,23-25,31-32,43-44H,9-13,15-19,21H2,1H3,(H2,42,56)(H,45,57)(H,46,58)(H,50,51)(H,52,53)(H,54,55)/t23-,24-,25-,31-,32+/m1/s1. The normalized spacial score (nSPS) is 13.7. The smallest absolute Gasteiger partial charge is 0.305 e. The van der Waals surface area contributed by atoms with E-state index in [2.05, 4.69) is 20.9 Å². The van der Waals surface area contributed by atoms with E-state index in [-0.39, 0.29) is 25.7 Å². The van der Waals surface area contributed by atoms with Gasteiger partial charge in [-0.2, -0.15) is 0 Å². The van der Waals surface area contributed by atoms with Crippen LogP contribution in [-0.4, -0.2) is 99.0 Å². The van der Waals surface area contributed by atoms with Crippen LogP contribution in [0.2, 0.25) is 0 Å². The van der Waals surface area contributed by atoms with Crippen LogP contribution in [0.3, 0.4) is 0 Å². The monoisotopic (exact) mass is 809 g/mol. The highest BCUT2D eigenvalue weighted by atomic mass is 19.1. The Morgan fingerprint density at radius 2 is 1.36 bits per heavy atom. The molecule has 18 heteroatoms. The van der Waals surface area contributed by atoms with Crippen LogP contribution in [0.5, 0.6) is 0 Å². The second kappa shape index (κ2) is 22.4. The van der Waals surface area contributed by atoms with Crippen molar-refractivity contribution in [1.82, 2.24) is 20.9 Å². The first-order valence-electron chi connectivity index (χ1n) is 18.5. The summed E-state index contributed by atoms with van der Waals surface area (Å²) in [6, 6.07) is 9.98. The lowest BCUT2D eigenvalue weighted by molar-refractivity contribution is -0.140. The lowest BCUT2D eigenvalue weighted by Gasteiger charge is -2.24. The van der Waals surface area contributed by atoms with Crippen molar-refractivity contribution in [1.29, 1.82) is 0 Å². The number of para-hydroxylation sites is 1. The molecule has 0 fully saturated rings. The lowest BCUT2D eigenvalue weighted by atomic mass is 9.89. The number of H-pyrrole nitrogens is 1. The van der Waals surface area contributed by atoms with Gasteiger partial charge in [0.25, 0.3) is 0 Å². The van der Waals surface area contributed by atoms with Gasteiger partial charge in [0.05, 0.1) is 25.0 Å². The minimum Gasteiger partial charge on any atom is -0.481 e. The SMILES string of the molecule is CN[C@H](CC(=O)O)C(=O)C[C@@H](CCC(=O)O)C(=O)NCC(=O)C[C@@H](Cc1cccc(F)c1)C(=O)N[C@@H](Cc1c[nH]c2ccccc12)C(=O)C[C@@H](CCC(=O)O)C(N)=O. The maximum Gasteiger partial charge on any atom is 0.305 e. The third-order valence-electron chi connectivity index (χ3n) is 9.68. The van der Waals surface area contributed by atoms with Crippen LogP contribution < -0.4 is 21.7 Å². The first kappa shape index (κ1) is 46.1. The van der Waals surface area contributed by atoms with Crippen LogP contribution in [0.4, 0.5) is 4.39 Å². The predicted molar refractivity (Wildman–Crippen MR) is 204 cm³/mol. The Kier molecular flexibility index (Phi) is 17.8. The van der Waals surface area contributed by atoms with Crippen LogP contribution in [0.25, 0.3) is 10.9 Å². The zero-order valence-electron chi connectivity index (χ0n) is 31.8. The van der Waals surface area contributed by atoms with Gasteiger partial charge in [-0.15, -0.1) is 0 Å². The van der Waals surface area contributed by atoms with Crippen LogP contribution in [0.1, 0.15) is 62.5 Å². The van der Waals surface area contributed by atoms with Gasteiger partial charge < -0.3 is 42.0 Å². The van der Waals surface area contributed by atoms with E-state index in [1.54, 1.807) is 30.5 Å². The van der Waals surface area contributed by atoms with E-state index >= 15 is 0 Å². The number of ketones is 3. The van der Waals surface area contributed by atoms with Crippen molar-refractivity contribution in [2.75, 3.05) is 13.6 Å². The van der Waals surface area contributed by atoms with Crippen molar-refractivity contribution in [3.63, 3.8) is 0 Å². The summed E-state index contributed by atoms with van der Waals surface area (Å²) in [7, 11) is 1.35. The molecule has 3 amide bonds. The Hall–Kier alpha value is -6.30. The molecule has 0 saturated heterocycles. The van der Waals surface area contributed by atoms with Gasteiger partial charge in [-0.3, -0.25) is 43.2 Å². The molecule has 3 aromatic rings. The fourth-order valence-corrected chi connectivity index (χ4v) is 6.53. The number of Topliss-reactive ketones (excluding diaryl/α,β-unsaturated/α-hetero) is 3. The summed E-state index contributed by atoms with van der Waals surface area (Å²) in [5.74, 6) is -12.5. The Morgan fingerprint density at radius 3 is 1.98 bits per heavy atom. The first-order chi connectivity index (χ1) is 27.5. The maximum atomic E-state index is 14.2. The van der Waals surface area contributed by atoms with E-state index in [1.807, 2.05) is 0 Å². The number of halogens is 1. The lowest BCUT2D eigenvalue weighted by Crippen LogP contribution is -2.47. The second-order valence-electron chi connectivity index (χ2n) is 14.1. The summed E-state index contributed by atoms with van der Waals surface area (Å²) in [6.45, 7) is -0.657. The number of aromatic amines is 1. The molecular formula is C40H48FN5O12. The molecular weight excluding hydrogens is 761 g/mol. The van der Waals surface area contributed by atoms with E-state index in [1.165, 1.54) is 25.2 Å². The number of carbonyl (C=O) groups is 9. The summed E-state index contributed by atoms with van der Waals surface area (Å²) < 4.78 is 14.2. The molecule has 0 aliphatic carbocycles. The molecule has 58 heavy (non-hydrogen) atoms. The van der Waals surface area contributed by atoms with Gasteiger partial charge in [-0.05, 0) is 55.6 Å². The molecule has 0 saturated carbocycles. The Morgan fingerprint density at radius 1 is 0.724 bits per heavy atom. The summed E-state index contributed by atoms with van der Waals surface area (Å²) in [6.07, 6.45) is -2.21. The van der Waals surface area contributed by atoms with Gasteiger partial charge >= 0.3 is 17.9 Å². The number of carboxylic acids is 3. The van der Waals surface area contributed by atoms with E-state index in [9.17, 15) is 52.6 Å². The number of hydrogen-bond donors (Lipinski definition) is 8. The van der Waals surface area contributed by atoms with Crippen LogP contribution in [0, 0.1) is 23.6 Å². The highest BCUT2D eigenvalue weighted by Gasteiger charge is 2.32. The number of nitrogens with one attached hydrogen (secondary N) is 4. The molecule has 1 heterocycles. The molecule has 0 spiro atoms. The number of aromatic nitrogens is 1. The average Bonchev–Trinajstić information content (AvgIpc) is 3.57. The van der Waals surface area contributed by atoms with E-state index in [4.69, 9.17) is 15.9 Å². The number of fused-ring (bicyclic) bond motifs is 1. The Bertz CT molecular complexity index is 2000. The minimum atomic E-state index is -1.29. The third kappa shape index (κ3) is 15.0. The van der Waals surface area contributed by atoms with Gasteiger partial charge in [0.2, 0.25) is 17.7 Å². The topological polar surface area (TPSA) is 292 Å². The van der Waals surface area contributed by atoms with E-state index < -0.39 is 134 Å². The van der Waals surface area contributed by atoms with Gasteiger partial charge in [0.1, 0.15) is 5.82 Å². The zero-order chi connectivity index (χ0) is 42.9. The molecule has 0 aliphatic rings. The van der Waals surface area contributed by atoms with Crippen molar-refractivity contribution in [3.8, 4) is 0 Å². The summed E-state index contributed by atoms with van der Waals surface area (Å²) in [4.78, 5) is 116. The molecule has 0 bridgehead atoms.